The van der Waals surface area contributed by atoms with Crippen LogP contribution in [0.5, 0.6) is 5.75 Å². The van der Waals surface area contributed by atoms with E-state index in [2.05, 4.69) is 10.3 Å². The molecule has 1 saturated heterocycles. The molecule has 0 unspecified atom stereocenters. The first-order chi connectivity index (χ1) is 17.5. The first kappa shape index (κ1) is 23.6. The fourth-order valence-corrected chi connectivity index (χ4v) is 4.96. The SMILES string of the molecule is COc1ccc2[nH]cc(CCN3C(=S)N(c4ccccc4)C(=O)[C@@H]3CC(=O)Nc3ccccc3)c2c1. The van der Waals surface area contributed by atoms with Crippen LogP contribution in [0.25, 0.3) is 10.9 Å². The van der Waals surface area contributed by atoms with Gasteiger partial charge in [0.2, 0.25) is 5.91 Å². The summed E-state index contributed by atoms with van der Waals surface area (Å²) in [6.07, 6.45) is 2.61. The van der Waals surface area contributed by atoms with Gasteiger partial charge in [-0.1, -0.05) is 36.4 Å². The first-order valence-corrected chi connectivity index (χ1v) is 12.1. The summed E-state index contributed by atoms with van der Waals surface area (Å²) in [6.45, 7) is 0.487. The third-order valence-electron chi connectivity index (χ3n) is 6.37. The number of H-pyrrole nitrogens is 1. The molecule has 4 aromatic rings. The number of nitrogens with one attached hydrogen (secondary N) is 2. The van der Waals surface area contributed by atoms with Crippen LogP contribution in [-0.4, -0.2) is 46.5 Å². The van der Waals surface area contributed by atoms with Crippen molar-refractivity contribution in [3.05, 3.63) is 90.6 Å². The van der Waals surface area contributed by atoms with E-state index in [0.29, 0.717) is 29.5 Å². The molecule has 2 amide bonds. The molecule has 0 saturated carbocycles. The molecule has 1 fully saturated rings. The highest BCUT2D eigenvalue weighted by molar-refractivity contribution is 7.80. The molecule has 182 valence electrons. The van der Waals surface area contributed by atoms with Crippen LogP contribution in [0.15, 0.2) is 85.1 Å². The number of anilines is 2. The molecule has 0 radical (unpaired) electrons. The van der Waals surface area contributed by atoms with Crippen molar-refractivity contribution < 1.29 is 14.3 Å². The number of ether oxygens (including phenoxy) is 1. The van der Waals surface area contributed by atoms with Gasteiger partial charge in [-0.05, 0) is 66.7 Å². The van der Waals surface area contributed by atoms with Crippen molar-refractivity contribution in [2.24, 2.45) is 0 Å². The number of methoxy groups -OCH3 is 1. The lowest BCUT2D eigenvalue weighted by atomic mass is 10.1. The fourth-order valence-electron chi connectivity index (χ4n) is 4.54. The van der Waals surface area contributed by atoms with E-state index in [0.717, 1.165) is 22.2 Å². The number of fused-ring (bicyclic) bond motifs is 1. The van der Waals surface area contributed by atoms with Gasteiger partial charge < -0.3 is 19.9 Å². The largest absolute Gasteiger partial charge is 0.497 e. The van der Waals surface area contributed by atoms with Crippen LogP contribution in [-0.2, 0) is 16.0 Å². The van der Waals surface area contributed by atoms with E-state index < -0.39 is 6.04 Å². The van der Waals surface area contributed by atoms with Crippen molar-refractivity contribution in [3.63, 3.8) is 0 Å². The van der Waals surface area contributed by atoms with Crippen LogP contribution >= 0.6 is 12.2 Å². The number of rotatable bonds is 8. The Morgan fingerprint density at radius 3 is 2.50 bits per heavy atom. The monoisotopic (exact) mass is 498 g/mol. The molecule has 1 atom stereocenters. The first-order valence-electron chi connectivity index (χ1n) is 11.7. The zero-order valence-electron chi connectivity index (χ0n) is 19.8. The average Bonchev–Trinajstić information content (AvgIpc) is 3.41. The van der Waals surface area contributed by atoms with Crippen LogP contribution in [0.2, 0.25) is 0 Å². The van der Waals surface area contributed by atoms with Gasteiger partial charge in [0.05, 0.1) is 19.2 Å². The maximum Gasteiger partial charge on any atom is 0.256 e. The maximum atomic E-state index is 13.6. The van der Waals surface area contributed by atoms with Gasteiger partial charge in [0.15, 0.2) is 5.11 Å². The summed E-state index contributed by atoms with van der Waals surface area (Å²) in [7, 11) is 1.64. The Labute approximate surface area is 214 Å². The number of aromatic amines is 1. The summed E-state index contributed by atoms with van der Waals surface area (Å²) in [4.78, 5) is 33.2. The number of aromatic nitrogens is 1. The van der Waals surface area contributed by atoms with Crippen LogP contribution in [0, 0.1) is 0 Å². The maximum absolute atomic E-state index is 13.6. The van der Waals surface area contributed by atoms with Crippen molar-refractivity contribution >= 4 is 51.4 Å². The Morgan fingerprint density at radius 2 is 1.78 bits per heavy atom. The molecule has 1 aromatic heterocycles. The van der Waals surface area contributed by atoms with Crippen LogP contribution in [0.4, 0.5) is 11.4 Å². The summed E-state index contributed by atoms with van der Waals surface area (Å²) in [6, 6.07) is 23.7. The topological polar surface area (TPSA) is 77.7 Å². The van der Waals surface area contributed by atoms with E-state index >= 15 is 0 Å². The number of amides is 2. The number of hydrogen-bond donors (Lipinski definition) is 2. The lowest BCUT2D eigenvalue weighted by Crippen LogP contribution is -2.39. The third-order valence-corrected chi connectivity index (χ3v) is 6.78. The molecule has 2 N–H and O–H groups in total. The molecular weight excluding hydrogens is 472 g/mol. The van der Waals surface area contributed by atoms with E-state index in [4.69, 9.17) is 17.0 Å². The molecule has 0 spiro atoms. The van der Waals surface area contributed by atoms with Crippen LogP contribution < -0.4 is 15.0 Å². The molecule has 1 aliphatic heterocycles. The zero-order valence-corrected chi connectivity index (χ0v) is 20.6. The molecule has 5 rings (SSSR count). The highest BCUT2D eigenvalue weighted by atomic mass is 32.1. The molecular formula is C28H26N4O3S. The van der Waals surface area contributed by atoms with Gasteiger partial charge in [0.1, 0.15) is 11.8 Å². The standard InChI is InChI=1S/C28H26N4O3S/c1-35-22-12-13-24-23(16-22)19(18-29-24)14-15-31-25(17-26(33)30-20-8-4-2-5-9-20)27(34)32(28(31)36)21-10-6-3-7-11-21/h2-13,16,18,25,29H,14-15,17H2,1H3,(H,30,33)/t25-/m0/s1. The fraction of sp³-hybridized carbons (Fsp3) is 0.179. The third kappa shape index (κ3) is 4.67. The Morgan fingerprint density at radius 1 is 1.06 bits per heavy atom. The number of carbonyl (C=O) groups excluding carboxylic acids is 2. The Kier molecular flexibility index (Phi) is 6.69. The smallest absolute Gasteiger partial charge is 0.256 e. The minimum atomic E-state index is -0.693. The van der Waals surface area contributed by atoms with Crippen molar-refractivity contribution in [2.75, 3.05) is 23.9 Å². The minimum absolute atomic E-state index is 0.00108. The van der Waals surface area contributed by atoms with Gasteiger partial charge in [-0.15, -0.1) is 0 Å². The summed E-state index contributed by atoms with van der Waals surface area (Å²) in [5.74, 6) is 0.343. The van der Waals surface area contributed by atoms with E-state index in [-0.39, 0.29) is 18.2 Å². The number of para-hydroxylation sites is 2. The molecule has 3 aromatic carbocycles. The van der Waals surface area contributed by atoms with E-state index in [1.54, 1.807) is 7.11 Å². The van der Waals surface area contributed by atoms with E-state index in [1.807, 2.05) is 90.0 Å². The van der Waals surface area contributed by atoms with Gasteiger partial charge in [-0.2, -0.15) is 0 Å². The van der Waals surface area contributed by atoms with Crippen molar-refractivity contribution in [3.8, 4) is 5.75 Å². The molecule has 2 heterocycles. The van der Waals surface area contributed by atoms with Crippen LogP contribution in [0.1, 0.15) is 12.0 Å². The highest BCUT2D eigenvalue weighted by Crippen LogP contribution is 2.29. The van der Waals surface area contributed by atoms with E-state index in [1.165, 1.54) is 4.90 Å². The molecule has 7 nitrogen and oxygen atoms in total. The van der Waals surface area contributed by atoms with Crippen molar-refractivity contribution in [1.29, 1.82) is 0 Å². The van der Waals surface area contributed by atoms with Crippen molar-refractivity contribution in [1.82, 2.24) is 9.88 Å². The molecule has 0 bridgehead atoms. The number of carbonyl (C=O) groups is 2. The van der Waals surface area contributed by atoms with Crippen molar-refractivity contribution in [2.45, 2.75) is 18.9 Å². The Bertz CT molecular complexity index is 1400. The van der Waals surface area contributed by atoms with Gasteiger partial charge in [0, 0.05) is 29.3 Å². The summed E-state index contributed by atoms with van der Waals surface area (Å²) in [5.41, 5.74) is 3.48. The van der Waals surface area contributed by atoms with Gasteiger partial charge in [-0.3, -0.25) is 14.5 Å². The minimum Gasteiger partial charge on any atom is -0.497 e. The Hall–Kier alpha value is -4.17. The van der Waals surface area contributed by atoms with Gasteiger partial charge >= 0.3 is 0 Å². The normalized spacial score (nSPS) is 15.5. The van der Waals surface area contributed by atoms with Crippen LogP contribution in [0.3, 0.4) is 0 Å². The second kappa shape index (κ2) is 10.2. The average molecular weight is 499 g/mol. The Balaban J connectivity index is 1.39. The molecule has 0 aliphatic carbocycles. The molecule has 8 heteroatoms. The predicted octanol–water partition coefficient (Wildman–Crippen LogP) is 4.75. The summed E-state index contributed by atoms with van der Waals surface area (Å²) in [5, 5.41) is 4.35. The lowest BCUT2D eigenvalue weighted by Gasteiger charge is -2.24. The quantitative estimate of drug-likeness (QED) is 0.343. The predicted molar refractivity (Wildman–Crippen MR) is 145 cm³/mol. The number of thiocarbonyl (C=S) groups is 1. The van der Waals surface area contributed by atoms with E-state index in [9.17, 15) is 9.59 Å². The van der Waals surface area contributed by atoms with Gasteiger partial charge in [-0.25, -0.2) is 0 Å². The molecule has 1 aliphatic rings. The number of benzene rings is 3. The number of nitrogens with zero attached hydrogens (tertiary/aromatic N) is 2. The van der Waals surface area contributed by atoms with Gasteiger partial charge in [0.25, 0.3) is 5.91 Å². The lowest BCUT2D eigenvalue weighted by molar-refractivity contribution is -0.124. The summed E-state index contributed by atoms with van der Waals surface area (Å²) < 4.78 is 5.39. The second-order valence-electron chi connectivity index (χ2n) is 8.59. The summed E-state index contributed by atoms with van der Waals surface area (Å²) >= 11 is 5.78. The second-order valence-corrected chi connectivity index (χ2v) is 8.96. The zero-order chi connectivity index (χ0) is 25.1. The number of hydrogen-bond acceptors (Lipinski definition) is 4. The molecule has 36 heavy (non-hydrogen) atoms. The highest BCUT2D eigenvalue weighted by Gasteiger charge is 2.43.